The van der Waals surface area contributed by atoms with Crippen molar-refractivity contribution in [1.82, 2.24) is 0 Å². The molecule has 5 heteroatoms. The molecule has 1 heterocycles. The molecule has 0 amide bonds. The topological polar surface area (TPSA) is 61.1 Å². The van der Waals surface area contributed by atoms with E-state index in [2.05, 4.69) is 15.0 Å². The molecule has 1 aromatic rings. The van der Waals surface area contributed by atoms with E-state index in [0.717, 1.165) is 0 Å². The Morgan fingerprint density at radius 3 is 2.85 bits per heavy atom. The van der Waals surface area contributed by atoms with Crippen LogP contribution in [0, 0.1) is 0 Å². The molecule has 0 saturated heterocycles. The van der Waals surface area contributed by atoms with Gasteiger partial charge in [-0.3, -0.25) is 0 Å². The summed E-state index contributed by atoms with van der Waals surface area (Å²) in [6.07, 6.45) is 1.22. The Morgan fingerprint density at radius 2 is 2.23 bits per heavy atom. The number of alkyl halides is 1. The number of rotatable bonds is 2. The van der Waals surface area contributed by atoms with Gasteiger partial charge in [0.25, 0.3) is 6.21 Å². The van der Waals surface area contributed by atoms with E-state index in [0.29, 0.717) is 11.1 Å². The zero-order chi connectivity index (χ0) is 9.31. The third kappa shape index (κ3) is 1.37. The molecule has 1 aliphatic rings. The van der Waals surface area contributed by atoms with Crippen LogP contribution in [-0.4, -0.2) is 11.0 Å². The number of halogens is 1. The van der Waals surface area contributed by atoms with Crippen molar-refractivity contribution in [2.75, 3.05) is 0 Å². The number of nitrogens with zero attached hydrogens (tertiary/aromatic N) is 4. The quantitative estimate of drug-likeness (QED) is 0.286. The molecule has 2 rings (SSSR count). The third-order valence-corrected chi connectivity index (χ3v) is 1.74. The second-order valence-corrected chi connectivity index (χ2v) is 2.66. The van der Waals surface area contributed by atoms with E-state index in [1.54, 1.807) is 18.2 Å². The van der Waals surface area contributed by atoms with Crippen molar-refractivity contribution in [1.29, 1.82) is 0 Å². The SMILES string of the molecule is [N-]=[N+]=Cc1cccc(C2(F)N=N2)c1. The lowest BCUT2D eigenvalue weighted by molar-refractivity contribution is 0.00455. The van der Waals surface area contributed by atoms with Gasteiger partial charge in [0.2, 0.25) is 0 Å². The Bertz CT molecular complexity index is 414. The smallest absolute Gasteiger partial charge is 0.354 e. The van der Waals surface area contributed by atoms with Crippen LogP contribution in [0.2, 0.25) is 0 Å². The number of hydrogen-bond acceptors (Lipinski definition) is 2. The molecule has 0 aliphatic carbocycles. The number of hydrogen-bond donors (Lipinski definition) is 0. The van der Waals surface area contributed by atoms with Crippen LogP contribution in [0.3, 0.4) is 0 Å². The van der Waals surface area contributed by atoms with Gasteiger partial charge in [-0.1, -0.05) is 12.1 Å². The predicted octanol–water partition coefficient (Wildman–Crippen LogP) is 1.88. The van der Waals surface area contributed by atoms with Crippen molar-refractivity contribution in [3.63, 3.8) is 0 Å². The summed E-state index contributed by atoms with van der Waals surface area (Å²) in [7, 11) is 0. The van der Waals surface area contributed by atoms with Crippen molar-refractivity contribution in [3.05, 3.63) is 40.9 Å². The van der Waals surface area contributed by atoms with Gasteiger partial charge < -0.3 is 5.53 Å². The summed E-state index contributed by atoms with van der Waals surface area (Å²) in [5.74, 6) is -1.86. The zero-order valence-corrected chi connectivity index (χ0v) is 6.55. The van der Waals surface area contributed by atoms with E-state index in [9.17, 15) is 4.39 Å². The van der Waals surface area contributed by atoms with Crippen LogP contribution < -0.4 is 0 Å². The molecule has 0 bridgehead atoms. The lowest BCUT2D eigenvalue weighted by Crippen LogP contribution is -2.00. The first-order valence-electron chi connectivity index (χ1n) is 3.65. The van der Waals surface area contributed by atoms with E-state index < -0.39 is 5.92 Å². The third-order valence-electron chi connectivity index (χ3n) is 1.74. The summed E-state index contributed by atoms with van der Waals surface area (Å²) in [5, 5.41) is 6.51. The first-order chi connectivity index (χ1) is 6.24. The van der Waals surface area contributed by atoms with Gasteiger partial charge in [0.05, 0.1) is 5.56 Å². The molecule has 1 aliphatic heterocycles. The fourth-order valence-electron chi connectivity index (χ4n) is 1.04. The summed E-state index contributed by atoms with van der Waals surface area (Å²) in [6.45, 7) is 0. The maximum atomic E-state index is 13.2. The molecule has 0 spiro atoms. The average molecular weight is 176 g/mol. The van der Waals surface area contributed by atoms with Crippen molar-refractivity contribution in [3.8, 4) is 0 Å². The normalized spacial score (nSPS) is 16.4. The lowest BCUT2D eigenvalue weighted by atomic mass is 10.1. The molecular formula is C8H5FN4. The van der Waals surface area contributed by atoms with E-state index in [1.807, 2.05) is 0 Å². The molecule has 0 unspecified atom stereocenters. The molecule has 0 fully saturated rings. The van der Waals surface area contributed by atoms with E-state index >= 15 is 0 Å². The van der Waals surface area contributed by atoms with Gasteiger partial charge in [0, 0.05) is 5.56 Å². The molecule has 0 aromatic heterocycles. The number of benzene rings is 1. The summed E-state index contributed by atoms with van der Waals surface area (Å²) in [6, 6.07) is 6.44. The van der Waals surface area contributed by atoms with Crippen LogP contribution in [0.15, 0.2) is 34.5 Å². The maximum Gasteiger partial charge on any atom is 0.354 e. The lowest BCUT2D eigenvalue weighted by Gasteiger charge is -1.99. The Labute approximate surface area is 73.4 Å². The minimum absolute atomic E-state index is 0.352. The highest BCUT2D eigenvalue weighted by molar-refractivity contribution is 5.75. The van der Waals surface area contributed by atoms with Crippen LogP contribution in [-0.2, 0) is 5.92 Å². The van der Waals surface area contributed by atoms with Gasteiger partial charge in [0.1, 0.15) is 0 Å². The van der Waals surface area contributed by atoms with Crippen molar-refractivity contribution in [2.45, 2.75) is 5.92 Å². The standard InChI is InChI=1S/C8H5FN4/c9-8(12-13-8)7-3-1-2-6(4-7)5-11-10/h1-5H. The maximum absolute atomic E-state index is 13.2. The first kappa shape index (κ1) is 7.76. The molecule has 64 valence electrons. The second-order valence-electron chi connectivity index (χ2n) is 2.66. The van der Waals surface area contributed by atoms with Crippen molar-refractivity contribution >= 4 is 6.21 Å². The van der Waals surface area contributed by atoms with E-state index in [4.69, 9.17) is 5.53 Å². The van der Waals surface area contributed by atoms with E-state index in [-0.39, 0.29) is 0 Å². The molecule has 0 atom stereocenters. The molecule has 13 heavy (non-hydrogen) atoms. The Balaban J connectivity index is 2.38. The Kier molecular flexibility index (Phi) is 1.53. The summed E-state index contributed by atoms with van der Waals surface area (Å²) in [5.41, 5.74) is 9.22. The van der Waals surface area contributed by atoms with Crippen molar-refractivity contribution in [2.24, 2.45) is 10.2 Å². The highest BCUT2D eigenvalue weighted by atomic mass is 19.2. The minimum atomic E-state index is -1.86. The summed E-state index contributed by atoms with van der Waals surface area (Å²) in [4.78, 5) is 2.84. The first-order valence-corrected chi connectivity index (χ1v) is 3.65. The fraction of sp³-hybridized carbons (Fsp3) is 0.125. The molecule has 0 N–H and O–H groups in total. The molecular weight excluding hydrogens is 171 g/mol. The van der Waals surface area contributed by atoms with Crippen LogP contribution in [0.5, 0.6) is 0 Å². The summed E-state index contributed by atoms with van der Waals surface area (Å²) < 4.78 is 13.2. The van der Waals surface area contributed by atoms with Crippen LogP contribution in [0.1, 0.15) is 11.1 Å². The van der Waals surface area contributed by atoms with Gasteiger partial charge in [-0.25, -0.2) is 0 Å². The molecule has 0 radical (unpaired) electrons. The highest BCUT2D eigenvalue weighted by Gasteiger charge is 2.42. The largest absolute Gasteiger partial charge is 0.361 e. The van der Waals surface area contributed by atoms with Gasteiger partial charge in [-0.15, -0.1) is 10.2 Å². The van der Waals surface area contributed by atoms with Crippen LogP contribution in [0.25, 0.3) is 5.53 Å². The predicted molar refractivity (Wildman–Crippen MR) is 42.9 cm³/mol. The van der Waals surface area contributed by atoms with Gasteiger partial charge in [0.15, 0.2) is 0 Å². The highest BCUT2D eigenvalue weighted by Crippen LogP contribution is 2.40. The molecule has 0 saturated carbocycles. The average Bonchev–Trinajstić information content (AvgIpc) is 2.86. The summed E-state index contributed by atoms with van der Waals surface area (Å²) >= 11 is 0. The Hall–Kier alpha value is -1.87. The Morgan fingerprint density at radius 1 is 1.46 bits per heavy atom. The van der Waals surface area contributed by atoms with Gasteiger partial charge in [-0.2, -0.15) is 9.18 Å². The van der Waals surface area contributed by atoms with Gasteiger partial charge in [-0.05, 0) is 12.1 Å². The fourth-order valence-corrected chi connectivity index (χ4v) is 1.04. The van der Waals surface area contributed by atoms with Gasteiger partial charge >= 0.3 is 5.92 Å². The zero-order valence-electron chi connectivity index (χ0n) is 6.55. The van der Waals surface area contributed by atoms with E-state index in [1.165, 1.54) is 12.3 Å². The molecule has 4 nitrogen and oxygen atoms in total. The van der Waals surface area contributed by atoms with Crippen LogP contribution in [0.4, 0.5) is 4.39 Å². The molecule has 1 aromatic carbocycles. The van der Waals surface area contributed by atoms with Crippen molar-refractivity contribution < 1.29 is 9.18 Å². The second kappa shape index (κ2) is 2.57. The van der Waals surface area contributed by atoms with Crippen LogP contribution >= 0.6 is 0 Å². The monoisotopic (exact) mass is 176 g/mol. The minimum Gasteiger partial charge on any atom is -0.361 e.